The van der Waals surface area contributed by atoms with Gasteiger partial charge in [0.15, 0.2) is 11.0 Å². The van der Waals surface area contributed by atoms with Crippen molar-refractivity contribution < 1.29 is 4.79 Å². The SMILES string of the molecule is Cc1ccc(N=C2NC(=O)C(Cc3nc(CCc4ccccc4)n[nH]3)S2)cc1. The zero-order valence-electron chi connectivity index (χ0n) is 15.6. The zero-order valence-corrected chi connectivity index (χ0v) is 16.4. The van der Waals surface area contributed by atoms with E-state index in [9.17, 15) is 4.79 Å². The summed E-state index contributed by atoms with van der Waals surface area (Å²) in [6.07, 6.45) is 2.16. The third-order valence-corrected chi connectivity index (χ3v) is 5.56. The van der Waals surface area contributed by atoms with Gasteiger partial charge in [-0.1, -0.05) is 59.8 Å². The number of aryl methyl sites for hydroxylation is 3. The van der Waals surface area contributed by atoms with E-state index in [0.29, 0.717) is 11.6 Å². The number of carbonyl (C=O) groups excluding carboxylic acids is 1. The highest BCUT2D eigenvalue weighted by Gasteiger charge is 2.31. The lowest BCUT2D eigenvalue weighted by Crippen LogP contribution is -2.26. The molecule has 2 N–H and O–H groups in total. The molecule has 28 heavy (non-hydrogen) atoms. The highest BCUT2D eigenvalue weighted by Crippen LogP contribution is 2.25. The van der Waals surface area contributed by atoms with Gasteiger partial charge >= 0.3 is 0 Å². The van der Waals surface area contributed by atoms with Crippen LogP contribution in [0.4, 0.5) is 5.69 Å². The summed E-state index contributed by atoms with van der Waals surface area (Å²) in [6, 6.07) is 18.2. The monoisotopic (exact) mass is 391 g/mol. The minimum absolute atomic E-state index is 0.0434. The van der Waals surface area contributed by atoms with Gasteiger partial charge in [-0.25, -0.2) is 9.98 Å². The number of benzene rings is 2. The molecule has 1 unspecified atom stereocenters. The van der Waals surface area contributed by atoms with Crippen molar-refractivity contribution in [3.63, 3.8) is 0 Å². The van der Waals surface area contributed by atoms with E-state index in [-0.39, 0.29) is 11.2 Å². The molecule has 3 aromatic rings. The van der Waals surface area contributed by atoms with E-state index in [4.69, 9.17) is 0 Å². The first-order valence-electron chi connectivity index (χ1n) is 9.23. The van der Waals surface area contributed by atoms with E-state index in [0.717, 1.165) is 30.2 Å². The molecule has 2 heterocycles. The second-order valence-electron chi connectivity index (χ2n) is 6.74. The van der Waals surface area contributed by atoms with Crippen LogP contribution >= 0.6 is 11.8 Å². The Labute approximate surface area is 167 Å². The molecule has 1 aromatic heterocycles. The summed E-state index contributed by atoms with van der Waals surface area (Å²) in [7, 11) is 0. The Bertz CT molecular complexity index is 982. The largest absolute Gasteiger partial charge is 0.304 e. The quantitative estimate of drug-likeness (QED) is 0.675. The molecule has 142 valence electrons. The van der Waals surface area contributed by atoms with Crippen LogP contribution in [-0.4, -0.2) is 31.5 Å². The summed E-state index contributed by atoms with van der Waals surface area (Å²) in [5, 5.41) is 10.5. The Balaban J connectivity index is 1.35. The number of thioether (sulfide) groups is 1. The topological polar surface area (TPSA) is 83.0 Å². The van der Waals surface area contributed by atoms with Crippen LogP contribution in [0.1, 0.15) is 22.8 Å². The van der Waals surface area contributed by atoms with Gasteiger partial charge in [0.25, 0.3) is 0 Å². The molecule has 1 amide bonds. The fraction of sp³-hybridized carbons (Fsp3) is 0.238. The molecule has 0 aliphatic carbocycles. The molecular weight excluding hydrogens is 370 g/mol. The number of amides is 1. The van der Waals surface area contributed by atoms with Gasteiger partial charge in [-0.05, 0) is 31.0 Å². The number of aromatic nitrogens is 3. The molecule has 1 aliphatic rings. The van der Waals surface area contributed by atoms with Crippen molar-refractivity contribution in [1.29, 1.82) is 0 Å². The Morgan fingerprint density at radius 1 is 1.07 bits per heavy atom. The van der Waals surface area contributed by atoms with Gasteiger partial charge in [-0.3, -0.25) is 9.89 Å². The maximum absolute atomic E-state index is 12.3. The number of hydrogen-bond donors (Lipinski definition) is 2. The highest BCUT2D eigenvalue weighted by molar-refractivity contribution is 8.15. The molecule has 4 rings (SSSR count). The van der Waals surface area contributed by atoms with E-state index < -0.39 is 0 Å². The molecule has 0 radical (unpaired) electrons. The van der Waals surface area contributed by atoms with Gasteiger partial charge in [-0.2, -0.15) is 5.10 Å². The van der Waals surface area contributed by atoms with E-state index >= 15 is 0 Å². The molecule has 1 atom stereocenters. The van der Waals surface area contributed by atoms with Crippen molar-refractivity contribution >= 4 is 28.5 Å². The standard InChI is InChI=1S/C21H21N5OS/c1-14-7-10-16(11-8-14)22-21-24-20(27)17(28-21)13-19-23-18(25-26-19)12-9-15-5-3-2-4-6-15/h2-8,10-11,17H,9,12-13H2,1H3,(H,22,24,27)(H,23,25,26). The number of H-pyrrole nitrogens is 1. The molecule has 0 bridgehead atoms. The van der Waals surface area contributed by atoms with E-state index in [1.165, 1.54) is 22.9 Å². The molecule has 2 aromatic carbocycles. The van der Waals surface area contributed by atoms with Gasteiger partial charge in [0.1, 0.15) is 5.82 Å². The summed E-state index contributed by atoms with van der Waals surface area (Å²) in [6.45, 7) is 2.03. The second-order valence-corrected chi connectivity index (χ2v) is 7.93. The Hall–Kier alpha value is -2.93. The van der Waals surface area contributed by atoms with Crippen LogP contribution in [0.15, 0.2) is 59.6 Å². The summed E-state index contributed by atoms with van der Waals surface area (Å²) < 4.78 is 0. The van der Waals surface area contributed by atoms with Crippen molar-refractivity contribution in [2.45, 2.75) is 31.4 Å². The van der Waals surface area contributed by atoms with Crippen molar-refractivity contribution in [1.82, 2.24) is 20.5 Å². The molecule has 7 heteroatoms. The summed E-state index contributed by atoms with van der Waals surface area (Å²) >= 11 is 1.43. The zero-order chi connectivity index (χ0) is 19.3. The van der Waals surface area contributed by atoms with E-state index in [1.807, 2.05) is 49.4 Å². The van der Waals surface area contributed by atoms with Crippen LogP contribution in [0, 0.1) is 6.92 Å². The van der Waals surface area contributed by atoms with Crippen molar-refractivity contribution in [2.24, 2.45) is 4.99 Å². The molecule has 1 aliphatic heterocycles. The lowest BCUT2D eigenvalue weighted by Gasteiger charge is -2.01. The van der Waals surface area contributed by atoms with Crippen molar-refractivity contribution in [3.8, 4) is 0 Å². The lowest BCUT2D eigenvalue weighted by molar-refractivity contribution is -0.118. The molecule has 1 fully saturated rings. The fourth-order valence-electron chi connectivity index (χ4n) is 2.94. The number of aromatic amines is 1. The smallest absolute Gasteiger partial charge is 0.239 e. The molecule has 0 spiro atoms. The first-order valence-corrected chi connectivity index (χ1v) is 10.1. The third-order valence-electron chi connectivity index (χ3n) is 4.48. The van der Waals surface area contributed by atoms with Crippen molar-refractivity contribution in [2.75, 3.05) is 0 Å². The van der Waals surface area contributed by atoms with Crippen molar-refractivity contribution in [3.05, 3.63) is 77.4 Å². The molecular formula is C21H21N5OS. The summed E-state index contributed by atoms with van der Waals surface area (Å²) in [5.41, 5.74) is 3.27. The highest BCUT2D eigenvalue weighted by atomic mass is 32.2. The first-order chi connectivity index (χ1) is 13.7. The maximum Gasteiger partial charge on any atom is 0.239 e. The number of nitrogens with zero attached hydrogens (tertiary/aromatic N) is 3. The first kappa shape index (κ1) is 18.4. The van der Waals surface area contributed by atoms with E-state index in [1.54, 1.807) is 0 Å². The molecule has 1 saturated heterocycles. The number of carbonyl (C=O) groups is 1. The summed E-state index contributed by atoms with van der Waals surface area (Å²) in [4.78, 5) is 21.3. The molecule has 6 nitrogen and oxygen atoms in total. The minimum atomic E-state index is -0.251. The van der Waals surface area contributed by atoms with E-state index in [2.05, 4.69) is 37.6 Å². The molecule has 0 saturated carbocycles. The van der Waals surface area contributed by atoms with Gasteiger partial charge < -0.3 is 5.32 Å². The fourth-order valence-corrected chi connectivity index (χ4v) is 3.94. The van der Waals surface area contributed by atoms with Crippen LogP contribution in [0.2, 0.25) is 0 Å². The van der Waals surface area contributed by atoms with Crippen LogP contribution < -0.4 is 5.32 Å². The Morgan fingerprint density at radius 2 is 1.86 bits per heavy atom. The lowest BCUT2D eigenvalue weighted by atomic mass is 10.1. The van der Waals surface area contributed by atoms with Gasteiger partial charge in [-0.15, -0.1) is 0 Å². The third kappa shape index (κ3) is 4.67. The maximum atomic E-state index is 12.3. The minimum Gasteiger partial charge on any atom is -0.304 e. The number of hydrogen-bond acceptors (Lipinski definition) is 5. The second kappa shape index (κ2) is 8.39. The van der Waals surface area contributed by atoms with Gasteiger partial charge in [0, 0.05) is 12.8 Å². The average molecular weight is 392 g/mol. The average Bonchev–Trinajstić information content (AvgIpc) is 3.29. The van der Waals surface area contributed by atoms with Gasteiger partial charge in [0.2, 0.25) is 5.91 Å². The predicted octanol–water partition coefficient (Wildman–Crippen LogP) is 3.36. The van der Waals surface area contributed by atoms with Crippen LogP contribution in [0.25, 0.3) is 0 Å². The van der Waals surface area contributed by atoms with Gasteiger partial charge in [0.05, 0.1) is 10.9 Å². The Morgan fingerprint density at radius 3 is 2.64 bits per heavy atom. The van der Waals surface area contributed by atoms with Crippen LogP contribution in [0.5, 0.6) is 0 Å². The predicted molar refractivity (Wildman–Crippen MR) is 112 cm³/mol. The number of rotatable bonds is 6. The summed E-state index contributed by atoms with van der Waals surface area (Å²) in [5.74, 6) is 1.46. The number of amidine groups is 1. The number of aliphatic imine (C=N–C) groups is 1. The Kier molecular flexibility index (Phi) is 5.53. The number of nitrogens with one attached hydrogen (secondary N) is 2. The normalized spacial score (nSPS) is 17.8. The van der Waals surface area contributed by atoms with Crippen LogP contribution in [-0.2, 0) is 24.1 Å². The van der Waals surface area contributed by atoms with Crippen LogP contribution in [0.3, 0.4) is 0 Å².